The van der Waals surface area contributed by atoms with E-state index in [0.717, 1.165) is 22.0 Å². The van der Waals surface area contributed by atoms with Gasteiger partial charge in [0.1, 0.15) is 18.2 Å². The zero-order valence-electron chi connectivity index (χ0n) is 20.3. The standard InChI is InChI=1S/C28H25F2N5O2/c1-16-11-25-27(28(36)33-14-23(31)18-8-9-24-19(13-18)5-4-10-32-24)17(2)34-35(25)26(12-16)37-15-20-21(29)6-3-7-22(20)30/h3-13,23H,14-15,31H2,1-2H3,(H,33,36). The second-order valence-electron chi connectivity index (χ2n) is 8.89. The maximum absolute atomic E-state index is 14.1. The smallest absolute Gasteiger partial charge is 0.255 e. The van der Waals surface area contributed by atoms with E-state index < -0.39 is 17.7 Å². The number of aromatic nitrogens is 3. The predicted octanol–water partition coefficient (Wildman–Crippen LogP) is 4.79. The monoisotopic (exact) mass is 501 g/mol. The highest BCUT2D eigenvalue weighted by atomic mass is 19.1. The summed E-state index contributed by atoms with van der Waals surface area (Å²) in [5.41, 5.74) is 10.1. The number of nitrogens with two attached hydrogens (primary N) is 1. The minimum Gasteiger partial charge on any atom is -0.473 e. The number of pyridine rings is 2. The van der Waals surface area contributed by atoms with E-state index in [9.17, 15) is 13.6 Å². The van der Waals surface area contributed by atoms with Crippen LogP contribution in [0.1, 0.15) is 38.8 Å². The summed E-state index contributed by atoms with van der Waals surface area (Å²) in [4.78, 5) is 17.5. The second-order valence-corrected chi connectivity index (χ2v) is 8.89. The van der Waals surface area contributed by atoms with Gasteiger partial charge in [-0.2, -0.15) is 9.61 Å². The maximum Gasteiger partial charge on any atom is 0.255 e. The van der Waals surface area contributed by atoms with Crippen LogP contribution in [0, 0.1) is 25.5 Å². The molecule has 1 unspecified atom stereocenters. The van der Waals surface area contributed by atoms with Gasteiger partial charge in [0.15, 0.2) is 0 Å². The molecular formula is C28H25F2N5O2. The zero-order valence-corrected chi connectivity index (χ0v) is 20.3. The van der Waals surface area contributed by atoms with Gasteiger partial charge < -0.3 is 15.8 Å². The molecule has 0 aliphatic rings. The number of halogens is 2. The largest absolute Gasteiger partial charge is 0.473 e. The SMILES string of the molecule is Cc1cc(OCc2c(F)cccc2F)n2nc(C)c(C(=O)NCC(N)c3ccc4ncccc4c3)c2c1. The second kappa shape index (κ2) is 9.94. The zero-order chi connectivity index (χ0) is 26.1. The van der Waals surface area contributed by atoms with Crippen LogP contribution in [0.2, 0.25) is 0 Å². The van der Waals surface area contributed by atoms with Gasteiger partial charge in [-0.3, -0.25) is 9.78 Å². The highest BCUT2D eigenvalue weighted by molar-refractivity contribution is 6.02. The van der Waals surface area contributed by atoms with Crippen molar-refractivity contribution < 1.29 is 18.3 Å². The van der Waals surface area contributed by atoms with Gasteiger partial charge in [0.25, 0.3) is 5.91 Å². The van der Waals surface area contributed by atoms with Crippen LogP contribution in [0.15, 0.2) is 66.9 Å². The summed E-state index contributed by atoms with van der Waals surface area (Å²) in [5, 5.41) is 8.33. The number of hydrogen-bond donors (Lipinski definition) is 2. The fraction of sp³-hybridized carbons (Fsp3) is 0.179. The van der Waals surface area contributed by atoms with Crippen LogP contribution in [0.4, 0.5) is 8.78 Å². The Hall–Kier alpha value is -4.37. The Kier molecular flexibility index (Phi) is 6.54. The molecule has 188 valence electrons. The van der Waals surface area contributed by atoms with Crippen molar-refractivity contribution in [1.29, 1.82) is 0 Å². The molecule has 0 aliphatic heterocycles. The molecule has 0 fully saturated rings. The van der Waals surface area contributed by atoms with Gasteiger partial charge in [-0.05, 0) is 61.4 Å². The minimum atomic E-state index is -0.695. The van der Waals surface area contributed by atoms with Crippen LogP contribution >= 0.6 is 0 Å². The fourth-order valence-electron chi connectivity index (χ4n) is 4.29. The van der Waals surface area contributed by atoms with E-state index in [0.29, 0.717) is 16.8 Å². The molecule has 3 aromatic heterocycles. The number of fused-ring (bicyclic) bond motifs is 2. The van der Waals surface area contributed by atoms with Crippen molar-refractivity contribution in [3.8, 4) is 5.88 Å². The molecule has 3 N–H and O–H groups in total. The molecule has 5 rings (SSSR count). The number of ether oxygens (including phenoxy) is 1. The molecule has 0 saturated carbocycles. The van der Waals surface area contributed by atoms with Crippen LogP contribution in [0.5, 0.6) is 5.88 Å². The normalized spacial score (nSPS) is 12.1. The number of carbonyl (C=O) groups excluding carboxylic acids is 1. The molecule has 9 heteroatoms. The molecule has 1 atom stereocenters. The predicted molar refractivity (Wildman–Crippen MR) is 136 cm³/mol. The van der Waals surface area contributed by atoms with Crippen LogP contribution in [0.25, 0.3) is 16.4 Å². The van der Waals surface area contributed by atoms with E-state index in [1.165, 1.54) is 22.7 Å². The number of amides is 1. The van der Waals surface area contributed by atoms with Crippen molar-refractivity contribution in [1.82, 2.24) is 19.9 Å². The van der Waals surface area contributed by atoms with Gasteiger partial charge >= 0.3 is 0 Å². The first kappa shape index (κ1) is 24.3. The van der Waals surface area contributed by atoms with E-state index in [1.54, 1.807) is 19.2 Å². The third-order valence-electron chi connectivity index (χ3n) is 6.21. The lowest BCUT2D eigenvalue weighted by atomic mass is 10.0. The summed E-state index contributed by atoms with van der Waals surface area (Å²) in [6, 6.07) is 16.3. The average Bonchev–Trinajstić information content (AvgIpc) is 3.22. The molecule has 2 aromatic carbocycles. The molecule has 3 heterocycles. The van der Waals surface area contributed by atoms with E-state index in [1.807, 2.05) is 43.3 Å². The summed E-state index contributed by atoms with van der Waals surface area (Å²) in [7, 11) is 0. The maximum atomic E-state index is 14.1. The first-order valence-corrected chi connectivity index (χ1v) is 11.8. The van der Waals surface area contributed by atoms with Gasteiger partial charge in [-0.25, -0.2) is 8.78 Å². The molecule has 37 heavy (non-hydrogen) atoms. The molecule has 5 aromatic rings. The van der Waals surface area contributed by atoms with Crippen molar-refractivity contribution in [3.63, 3.8) is 0 Å². The lowest BCUT2D eigenvalue weighted by Crippen LogP contribution is -2.32. The fourth-order valence-corrected chi connectivity index (χ4v) is 4.29. The van der Waals surface area contributed by atoms with Crippen molar-refractivity contribution in [2.75, 3.05) is 6.54 Å². The lowest BCUT2D eigenvalue weighted by Gasteiger charge is -2.14. The van der Waals surface area contributed by atoms with E-state index >= 15 is 0 Å². The Bertz CT molecular complexity index is 1610. The van der Waals surface area contributed by atoms with E-state index in [4.69, 9.17) is 10.5 Å². The summed E-state index contributed by atoms with van der Waals surface area (Å²) in [6.07, 6.45) is 1.73. The van der Waals surface area contributed by atoms with Gasteiger partial charge in [-0.1, -0.05) is 18.2 Å². The molecule has 1 amide bonds. The molecule has 0 bridgehead atoms. The van der Waals surface area contributed by atoms with E-state index in [-0.39, 0.29) is 30.5 Å². The van der Waals surface area contributed by atoms with Gasteiger partial charge in [0.05, 0.1) is 27.9 Å². The molecule has 0 aliphatic carbocycles. The van der Waals surface area contributed by atoms with Crippen molar-refractivity contribution in [2.45, 2.75) is 26.5 Å². The summed E-state index contributed by atoms with van der Waals surface area (Å²) in [5.74, 6) is -1.46. The summed E-state index contributed by atoms with van der Waals surface area (Å²) >= 11 is 0. The van der Waals surface area contributed by atoms with Gasteiger partial charge in [0, 0.05) is 30.2 Å². The Morgan fingerprint density at radius 1 is 1.08 bits per heavy atom. The first-order valence-electron chi connectivity index (χ1n) is 11.8. The highest BCUT2D eigenvalue weighted by Gasteiger charge is 2.21. The average molecular weight is 502 g/mol. The topological polar surface area (TPSA) is 94.5 Å². The lowest BCUT2D eigenvalue weighted by molar-refractivity contribution is 0.0952. The van der Waals surface area contributed by atoms with Crippen LogP contribution in [-0.4, -0.2) is 27.0 Å². The van der Waals surface area contributed by atoms with Crippen LogP contribution in [0.3, 0.4) is 0 Å². The molecule has 0 saturated heterocycles. The van der Waals surface area contributed by atoms with Crippen LogP contribution in [-0.2, 0) is 6.61 Å². The van der Waals surface area contributed by atoms with Gasteiger partial charge in [0.2, 0.25) is 5.88 Å². The molecule has 7 nitrogen and oxygen atoms in total. The Labute approximate surface area is 211 Å². The Morgan fingerprint density at radius 3 is 2.65 bits per heavy atom. The van der Waals surface area contributed by atoms with Crippen LogP contribution < -0.4 is 15.8 Å². The third-order valence-corrected chi connectivity index (χ3v) is 6.21. The number of nitrogens with zero attached hydrogens (tertiary/aromatic N) is 3. The molecule has 0 spiro atoms. The number of rotatable bonds is 7. The highest BCUT2D eigenvalue weighted by Crippen LogP contribution is 2.25. The van der Waals surface area contributed by atoms with Crippen molar-refractivity contribution in [3.05, 3.63) is 106 Å². The van der Waals surface area contributed by atoms with Crippen molar-refractivity contribution >= 4 is 22.3 Å². The number of hydrogen-bond acceptors (Lipinski definition) is 5. The molecular weight excluding hydrogens is 476 g/mol. The van der Waals surface area contributed by atoms with E-state index in [2.05, 4.69) is 15.4 Å². The number of benzene rings is 2. The summed E-state index contributed by atoms with van der Waals surface area (Å²) in [6.45, 7) is 3.44. The third kappa shape index (κ3) is 4.85. The Morgan fingerprint density at radius 2 is 1.86 bits per heavy atom. The first-order chi connectivity index (χ1) is 17.8. The number of aryl methyl sites for hydroxylation is 2. The summed E-state index contributed by atoms with van der Waals surface area (Å²) < 4.78 is 35.3. The Balaban J connectivity index is 1.36. The number of nitrogens with one attached hydrogen (secondary N) is 1. The van der Waals surface area contributed by atoms with Crippen molar-refractivity contribution in [2.24, 2.45) is 5.73 Å². The quantitative estimate of drug-likeness (QED) is 0.335. The number of carbonyl (C=O) groups is 1. The minimum absolute atomic E-state index is 0.183. The molecule has 0 radical (unpaired) electrons. The van der Waals surface area contributed by atoms with Gasteiger partial charge in [-0.15, -0.1) is 0 Å².